The summed E-state index contributed by atoms with van der Waals surface area (Å²) in [7, 11) is 1.88. The molecule has 0 saturated heterocycles. The van der Waals surface area contributed by atoms with Crippen LogP contribution >= 0.6 is 0 Å². The molecule has 0 heterocycles. The molecule has 2 N–H and O–H groups in total. The van der Waals surface area contributed by atoms with Crippen molar-refractivity contribution in [3.63, 3.8) is 0 Å². The summed E-state index contributed by atoms with van der Waals surface area (Å²) in [5, 5.41) is 0. The first-order valence-corrected chi connectivity index (χ1v) is 6.69. The molecule has 2 unspecified atom stereocenters. The van der Waals surface area contributed by atoms with Crippen LogP contribution in [0.3, 0.4) is 0 Å². The monoisotopic (exact) mass is 246 g/mol. The van der Waals surface area contributed by atoms with Gasteiger partial charge in [-0.15, -0.1) is 0 Å². The van der Waals surface area contributed by atoms with Crippen LogP contribution in [0.1, 0.15) is 41.6 Å². The molecule has 1 aliphatic carbocycles. The number of carbonyl (C=O) groups is 1. The Kier molecular flexibility index (Phi) is 4.02. The molecule has 0 aromatic heterocycles. The van der Waals surface area contributed by atoms with Crippen molar-refractivity contribution in [2.24, 2.45) is 5.73 Å². The Morgan fingerprint density at radius 2 is 1.94 bits per heavy atom. The van der Waals surface area contributed by atoms with Crippen LogP contribution in [0.4, 0.5) is 0 Å². The molecule has 1 fully saturated rings. The number of carbonyl (C=O) groups excluding carboxylic acids is 1. The van der Waals surface area contributed by atoms with Crippen molar-refractivity contribution in [1.29, 1.82) is 0 Å². The van der Waals surface area contributed by atoms with Crippen molar-refractivity contribution >= 4 is 5.91 Å². The predicted molar refractivity (Wildman–Crippen MR) is 73.5 cm³/mol. The van der Waals surface area contributed by atoms with E-state index < -0.39 is 0 Å². The fourth-order valence-corrected chi connectivity index (χ4v) is 2.77. The number of aryl methyl sites for hydroxylation is 1. The van der Waals surface area contributed by atoms with Crippen molar-refractivity contribution in [3.8, 4) is 0 Å². The van der Waals surface area contributed by atoms with E-state index in [2.05, 4.69) is 0 Å². The summed E-state index contributed by atoms with van der Waals surface area (Å²) in [5.74, 6) is 0.0930. The number of amides is 1. The Morgan fingerprint density at radius 3 is 2.61 bits per heavy atom. The van der Waals surface area contributed by atoms with Gasteiger partial charge >= 0.3 is 0 Å². The molecule has 1 amide bonds. The lowest BCUT2D eigenvalue weighted by Crippen LogP contribution is -2.50. The van der Waals surface area contributed by atoms with Crippen LogP contribution in [-0.2, 0) is 0 Å². The lowest BCUT2D eigenvalue weighted by Gasteiger charge is -2.36. The van der Waals surface area contributed by atoms with Gasteiger partial charge in [-0.25, -0.2) is 0 Å². The summed E-state index contributed by atoms with van der Waals surface area (Å²) in [6.07, 6.45) is 4.40. The fraction of sp³-hybridized carbons (Fsp3) is 0.533. The molecular weight excluding hydrogens is 224 g/mol. The Morgan fingerprint density at radius 1 is 1.28 bits per heavy atom. The van der Waals surface area contributed by atoms with Crippen LogP contribution in [0.2, 0.25) is 0 Å². The van der Waals surface area contributed by atoms with Crippen molar-refractivity contribution < 1.29 is 4.79 Å². The van der Waals surface area contributed by atoms with E-state index in [1.165, 1.54) is 12.8 Å². The maximum absolute atomic E-state index is 12.5. The lowest BCUT2D eigenvalue weighted by atomic mass is 9.89. The molecular formula is C15H22N2O. The Labute approximate surface area is 109 Å². The van der Waals surface area contributed by atoms with E-state index in [1.54, 1.807) is 0 Å². The summed E-state index contributed by atoms with van der Waals surface area (Å²) in [4.78, 5) is 14.3. The molecule has 1 aromatic carbocycles. The average molecular weight is 246 g/mol. The van der Waals surface area contributed by atoms with E-state index in [9.17, 15) is 4.79 Å². The van der Waals surface area contributed by atoms with E-state index in [4.69, 9.17) is 5.73 Å². The Hall–Kier alpha value is -1.35. The highest BCUT2D eigenvalue weighted by atomic mass is 16.2. The van der Waals surface area contributed by atoms with E-state index in [0.717, 1.165) is 24.0 Å². The summed E-state index contributed by atoms with van der Waals surface area (Å²) >= 11 is 0. The molecule has 2 rings (SSSR count). The summed E-state index contributed by atoms with van der Waals surface area (Å²) in [5.41, 5.74) is 7.96. The van der Waals surface area contributed by atoms with Gasteiger partial charge in [-0.3, -0.25) is 4.79 Å². The standard InChI is InChI=1S/C15H22N2O/c1-11-7-3-4-8-12(11)15(18)17(2)14-10-6-5-9-13(14)16/h3-4,7-8,13-14H,5-6,9-10,16H2,1-2H3. The van der Waals surface area contributed by atoms with Gasteiger partial charge in [0.1, 0.15) is 0 Å². The number of hydrogen-bond acceptors (Lipinski definition) is 2. The van der Waals surface area contributed by atoms with Crippen LogP contribution in [0.15, 0.2) is 24.3 Å². The molecule has 1 aliphatic rings. The zero-order valence-corrected chi connectivity index (χ0v) is 11.2. The number of benzene rings is 1. The summed E-state index contributed by atoms with van der Waals surface area (Å²) in [6.45, 7) is 1.97. The molecule has 2 atom stereocenters. The molecule has 1 aromatic rings. The maximum Gasteiger partial charge on any atom is 0.254 e. The summed E-state index contributed by atoms with van der Waals surface area (Å²) < 4.78 is 0. The minimum atomic E-state index is 0.0930. The topological polar surface area (TPSA) is 46.3 Å². The molecule has 0 bridgehead atoms. The maximum atomic E-state index is 12.5. The van der Waals surface area contributed by atoms with Crippen LogP contribution < -0.4 is 5.73 Å². The second-order valence-corrected chi connectivity index (χ2v) is 5.25. The number of rotatable bonds is 2. The van der Waals surface area contributed by atoms with Crippen LogP contribution in [0.25, 0.3) is 0 Å². The second-order valence-electron chi connectivity index (χ2n) is 5.25. The molecule has 0 spiro atoms. The zero-order chi connectivity index (χ0) is 13.1. The van der Waals surface area contributed by atoms with Gasteiger partial charge in [-0.2, -0.15) is 0 Å². The minimum Gasteiger partial charge on any atom is -0.337 e. The SMILES string of the molecule is Cc1ccccc1C(=O)N(C)C1CCCCC1N. The Balaban J connectivity index is 2.16. The second kappa shape index (κ2) is 5.53. The minimum absolute atomic E-state index is 0.0930. The van der Waals surface area contributed by atoms with Crippen molar-refractivity contribution in [1.82, 2.24) is 4.90 Å². The van der Waals surface area contributed by atoms with Gasteiger partial charge in [0, 0.05) is 24.7 Å². The van der Waals surface area contributed by atoms with Gasteiger partial charge in [-0.05, 0) is 31.4 Å². The van der Waals surface area contributed by atoms with E-state index in [-0.39, 0.29) is 18.0 Å². The first kappa shape index (κ1) is 13.1. The van der Waals surface area contributed by atoms with E-state index in [1.807, 2.05) is 43.1 Å². The van der Waals surface area contributed by atoms with Gasteiger partial charge in [0.05, 0.1) is 0 Å². The third-order valence-electron chi connectivity index (χ3n) is 3.97. The molecule has 98 valence electrons. The molecule has 0 aliphatic heterocycles. The lowest BCUT2D eigenvalue weighted by molar-refractivity contribution is 0.0671. The van der Waals surface area contributed by atoms with Crippen LogP contribution in [0, 0.1) is 6.92 Å². The number of nitrogens with zero attached hydrogens (tertiary/aromatic N) is 1. The number of hydrogen-bond donors (Lipinski definition) is 1. The molecule has 1 saturated carbocycles. The van der Waals surface area contributed by atoms with Gasteiger partial charge in [0.15, 0.2) is 0 Å². The summed E-state index contributed by atoms with van der Waals surface area (Å²) in [6, 6.07) is 8.04. The van der Waals surface area contributed by atoms with E-state index >= 15 is 0 Å². The quantitative estimate of drug-likeness (QED) is 0.870. The highest BCUT2D eigenvalue weighted by Gasteiger charge is 2.29. The third-order valence-corrected chi connectivity index (χ3v) is 3.97. The first-order valence-electron chi connectivity index (χ1n) is 6.69. The molecule has 3 nitrogen and oxygen atoms in total. The normalized spacial score (nSPS) is 23.7. The Bertz CT molecular complexity index is 430. The van der Waals surface area contributed by atoms with Crippen molar-refractivity contribution in [3.05, 3.63) is 35.4 Å². The van der Waals surface area contributed by atoms with E-state index in [0.29, 0.717) is 0 Å². The van der Waals surface area contributed by atoms with Gasteiger partial charge in [0.25, 0.3) is 5.91 Å². The first-order chi connectivity index (χ1) is 8.61. The fourth-order valence-electron chi connectivity index (χ4n) is 2.77. The smallest absolute Gasteiger partial charge is 0.254 e. The van der Waals surface area contributed by atoms with Crippen LogP contribution in [-0.4, -0.2) is 29.9 Å². The zero-order valence-electron chi connectivity index (χ0n) is 11.2. The molecule has 18 heavy (non-hydrogen) atoms. The van der Waals surface area contributed by atoms with Gasteiger partial charge in [-0.1, -0.05) is 31.0 Å². The largest absolute Gasteiger partial charge is 0.337 e. The third kappa shape index (κ3) is 2.56. The predicted octanol–water partition coefficient (Wildman–Crippen LogP) is 2.34. The van der Waals surface area contributed by atoms with Gasteiger partial charge < -0.3 is 10.6 Å². The van der Waals surface area contributed by atoms with Crippen LogP contribution in [0.5, 0.6) is 0 Å². The number of likely N-dealkylation sites (N-methyl/N-ethyl adjacent to an activating group) is 1. The van der Waals surface area contributed by atoms with Gasteiger partial charge in [0.2, 0.25) is 0 Å². The van der Waals surface area contributed by atoms with Crippen molar-refractivity contribution in [2.75, 3.05) is 7.05 Å². The number of nitrogens with two attached hydrogens (primary N) is 1. The van der Waals surface area contributed by atoms with Crippen molar-refractivity contribution in [2.45, 2.75) is 44.7 Å². The highest BCUT2D eigenvalue weighted by molar-refractivity contribution is 5.95. The average Bonchev–Trinajstić information content (AvgIpc) is 2.38. The molecule has 0 radical (unpaired) electrons. The molecule has 3 heteroatoms. The highest BCUT2D eigenvalue weighted by Crippen LogP contribution is 2.23.